The zero-order valence-electron chi connectivity index (χ0n) is 13.1. The average Bonchev–Trinajstić information content (AvgIpc) is 2.79. The van der Waals surface area contributed by atoms with E-state index in [1.54, 1.807) is 23.7 Å². The first-order chi connectivity index (χ1) is 10.3. The van der Waals surface area contributed by atoms with Crippen LogP contribution in [0.3, 0.4) is 0 Å². The minimum absolute atomic E-state index is 0.231. The monoisotopic (exact) mass is 320 g/mol. The summed E-state index contributed by atoms with van der Waals surface area (Å²) >= 11 is 6.01. The van der Waals surface area contributed by atoms with E-state index in [-0.39, 0.29) is 5.91 Å². The number of hydrogen-bond donors (Lipinski definition) is 2. The lowest BCUT2D eigenvalue weighted by atomic mass is 9.97. The molecule has 5 nitrogen and oxygen atoms in total. The number of carbonyl (C=O) groups is 1. The molecule has 1 heterocycles. The van der Waals surface area contributed by atoms with Gasteiger partial charge in [0.25, 0.3) is 0 Å². The van der Waals surface area contributed by atoms with Gasteiger partial charge in [0.05, 0.1) is 11.2 Å². The van der Waals surface area contributed by atoms with Gasteiger partial charge in [0, 0.05) is 16.8 Å². The number of nitrogens with two attached hydrogens (primary N) is 1. The van der Waals surface area contributed by atoms with E-state index in [0.29, 0.717) is 17.3 Å². The van der Waals surface area contributed by atoms with Gasteiger partial charge in [0.2, 0.25) is 5.91 Å². The lowest BCUT2D eigenvalue weighted by molar-refractivity contribution is -0.120. The van der Waals surface area contributed by atoms with E-state index in [1.165, 1.54) is 0 Å². The summed E-state index contributed by atoms with van der Waals surface area (Å²) in [5.74, 6) is 0.250. The predicted molar refractivity (Wildman–Crippen MR) is 89.4 cm³/mol. The highest BCUT2D eigenvalue weighted by Crippen LogP contribution is 2.19. The minimum atomic E-state index is -0.900. The Morgan fingerprint density at radius 2 is 2.18 bits per heavy atom. The zero-order valence-corrected chi connectivity index (χ0v) is 13.8. The third-order valence-corrected chi connectivity index (χ3v) is 3.70. The molecular weight excluding hydrogens is 300 g/mol. The fourth-order valence-corrected chi connectivity index (χ4v) is 2.48. The molecule has 1 aromatic carbocycles. The Bertz CT molecular complexity index is 679. The van der Waals surface area contributed by atoms with Crippen LogP contribution in [0.25, 0.3) is 5.69 Å². The molecule has 0 bridgehead atoms. The number of hydrogen-bond acceptors (Lipinski definition) is 3. The van der Waals surface area contributed by atoms with Gasteiger partial charge in [0.1, 0.15) is 0 Å². The van der Waals surface area contributed by atoms with Gasteiger partial charge in [-0.05, 0) is 38.5 Å². The van der Waals surface area contributed by atoms with E-state index in [4.69, 9.17) is 17.3 Å². The van der Waals surface area contributed by atoms with Gasteiger partial charge in [0.15, 0.2) is 5.82 Å². The van der Waals surface area contributed by atoms with Crippen molar-refractivity contribution in [3.05, 3.63) is 41.0 Å². The number of nitrogens with zero attached hydrogens (tertiary/aromatic N) is 2. The molecule has 0 radical (unpaired) electrons. The number of benzene rings is 1. The SMILES string of the molecule is CCCC(C)(N)C(=O)Nc1cc(C)n(-c2cccc(Cl)c2)n1. The van der Waals surface area contributed by atoms with Gasteiger partial charge in [-0.1, -0.05) is 31.0 Å². The Hall–Kier alpha value is -1.85. The van der Waals surface area contributed by atoms with Crippen molar-refractivity contribution < 1.29 is 4.79 Å². The fourth-order valence-electron chi connectivity index (χ4n) is 2.30. The molecule has 0 aliphatic heterocycles. The normalized spacial score (nSPS) is 13.7. The highest BCUT2D eigenvalue weighted by atomic mass is 35.5. The van der Waals surface area contributed by atoms with Crippen molar-refractivity contribution >= 4 is 23.3 Å². The predicted octanol–water partition coefficient (Wildman–Crippen LogP) is 3.29. The molecule has 0 spiro atoms. The summed E-state index contributed by atoms with van der Waals surface area (Å²) in [5, 5.41) is 7.82. The number of anilines is 1. The second-order valence-electron chi connectivity index (χ2n) is 5.68. The van der Waals surface area contributed by atoms with E-state index < -0.39 is 5.54 Å². The summed E-state index contributed by atoms with van der Waals surface area (Å²) in [5.41, 5.74) is 6.87. The maximum absolute atomic E-state index is 12.2. The lowest BCUT2D eigenvalue weighted by Gasteiger charge is -2.21. The van der Waals surface area contributed by atoms with Crippen molar-refractivity contribution in [1.29, 1.82) is 0 Å². The van der Waals surface area contributed by atoms with Gasteiger partial charge >= 0.3 is 0 Å². The quantitative estimate of drug-likeness (QED) is 0.887. The molecule has 0 saturated heterocycles. The van der Waals surface area contributed by atoms with Crippen molar-refractivity contribution in [3.8, 4) is 5.69 Å². The second-order valence-corrected chi connectivity index (χ2v) is 6.12. The Kier molecular flexibility index (Phi) is 4.88. The molecule has 1 amide bonds. The van der Waals surface area contributed by atoms with Crippen molar-refractivity contribution in [2.24, 2.45) is 5.73 Å². The number of amides is 1. The molecule has 0 saturated carbocycles. The summed E-state index contributed by atoms with van der Waals surface area (Å²) in [6, 6.07) is 9.19. The number of aromatic nitrogens is 2. The Morgan fingerprint density at radius 1 is 1.45 bits per heavy atom. The molecule has 2 aromatic rings. The van der Waals surface area contributed by atoms with Crippen LogP contribution in [-0.2, 0) is 4.79 Å². The zero-order chi connectivity index (χ0) is 16.3. The standard InChI is InChI=1S/C16H21ClN4O/c1-4-8-16(3,18)15(22)19-14-9-11(2)21(20-14)13-7-5-6-12(17)10-13/h5-7,9-10H,4,8,18H2,1-3H3,(H,19,20,22). The highest BCUT2D eigenvalue weighted by Gasteiger charge is 2.27. The highest BCUT2D eigenvalue weighted by molar-refractivity contribution is 6.30. The van der Waals surface area contributed by atoms with Crippen molar-refractivity contribution in [3.63, 3.8) is 0 Å². The summed E-state index contributed by atoms with van der Waals surface area (Å²) in [4.78, 5) is 12.2. The molecule has 2 rings (SSSR count). The first-order valence-electron chi connectivity index (χ1n) is 7.26. The maximum Gasteiger partial charge on any atom is 0.245 e. The van der Waals surface area contributed by atoms with Crippen LogP contribution < -0.4 is 11.1 Å². The number of halogens is 1. The van der Waals surface area contributed by atoms with Crippen LogP contribution in [0, 0.1) is 6.92 Å². The largest absolute Gasteiger partial charge is 0.318 e. The van der Waals surface area contributed by atoms with Gasteiger partial charge in [-0.25, -0.2) is 4.68 Å². The molecule has 1 atom stereocenters. The van der Waals surface area contributed by atoms with E-state index in [9.17, 15) is 4.79 Å². The number of aryl methyl sites for hydroxylation is 1. The maximum atomic E-state index is 12.2. The summed E-state index contributed by atoms with van der Waals surface area (Å²) in [7, 11) is 0. The van der Waals surface area contributed by atoms with Crippen molar-refractivity contribution in [1.82, 2.24) is 9.78 Å². The van der Waals surface area contributed by atoms with E-state index in [0.717, 1.165) is 17.8 Å². The van der Waals surface area contributed by atoms with Gasteiger partial charge < -0.3 is 11.1 Å². The van der Waals surface area contributed by atoms with Crippen molar-refractivity contribution in [2.45, 2.75) is 39.2 Å². The molecule has 22 heavy (non-hydrogen) atoms. The molecule has 118 valence electrons. The van der Waals surface area contributed by atoms with Crippen LogP contribution in [-0.4, -0.2) is 21.2 Å². The molecule has 1 aromatic heterocycles. The lowest BCUT2D eigenvalue weighted by Crippen LogP contribution is -2.48. The van der Waals surface area contributed by atoms with Crippen LogP contribution in [0.1, 0.15) is 32.4 Å². The van der Waals surface area contributed by atoms with Crippen LogP contribution in [0.15, 0.2) is 30.3 Å². The smallest absolute Gasteiger partial charge is 0.245 e. The average molecular weight is 321 g/mol. The first kappa shape index (κ1) is 16.5. The van der Waals surface area contributed by atoms with Crippen LogP contribution in [0.2, 0.25) is 5.02 Å². The molecular formula is C16H21ClN4O. The van der Waals surface area contributed by atoms with Gasteiger partial charge in [-0.15, -0.1) is 5.10 Å². The van der Waals surface area contributed by atoms with Gasteiger partial charge in [-0.3, -0.25) is 4.79 Å². The van der Waals surface area contributed by atoms with E-state index in [2.05, 4.69) is 10.4 Å². The fraction of sp³-hybridized carbons (Fsp3) is 0.375. The summed E-state index contributed by atoms with van der Waals surface area (Å²) < 4.78 is 1.73. The Morgan fingerprint density at radius 3 is 2.82 bits per heavy atom. The van der Waals surface area contributed by atoms with Crippen LogP contribution >= 0.6 is 11.6 Å². The van der Waals surface area contributed by atoms with E-state index in [1.807, 2.05) is 32.0 Å². The van der Waals surface area contributed by atoms with Crippen LogP contribution in [0.4, 0.5) is 5.82 Å². The third kappa shape index (κ3) is 3.67. The Labute approximate surface area is 135 Å². The number of rotatable bonds is 5. The Balaban J connectivity index is 2.22. The molecule has 0 aliphatic carbocycles. The summed E-state index contributed by atoms with van der Waals surface area (Å²) in [6.45, 7) is 5.64. The number of nitrogens with one attached hydrogen (secondary N) is 1. The minimum Gasteiger partial charge on any atom is -0.318 e. The molecule has 1 unspecified atom stereocenters. The van der Waals surface area contributed by atoms with E-state index >= 15 is 0 Å². The molecule has 6 heteroatoms. The van der Waals surface area contributed by atoms with Crippen LogP contribution in [0.5, 0.6) is 0 Å². The first-order valence-corrected chi connectivity index (χ1v) is 7.64. The molecule has 0 fully saturated rings. The van der Waals surface area contributed by atoms with Gasteiger partial charge in [-0.2, -0.15) is 0 Å². The summed E-state index contributed by atoms with van der Waals surface area (Å²) in [6.07, 6.45) is 1.46. The third-order valence-electron chi connectivity index (χ3n) is 3.47. The second kappa shape index (κ2) is 6.50. The topological polar surface area (TPSA) is 72.9 Å². The molecule has 3 N–H and O–H groups in total. The molecule has 0 aliphatic rings. The number of carbonyl (C=O) groups excluding carboxylic acids is 1. The van der Waals surface area contributed by atoms with Crippen molar-refractivity contribution in [2.75, 3.05) is 5.32 Å².